The van der Waals surface area contributed by atoms with E-state index in [0.717, 1.165) is 16.9 Å². The van der Waals surface area contributed by atoms with Crippen LogP contribution in [0.4, 0.5) is 5.69 Å². The molecule has 1 aliphatic rings. The maximum absolute atomic E-state index is 13.2. The zero-order valence-corrected chi connectivity index (χ0v) is 19.6. The van der Waals surface area contributed by atoms with E-state index in [1.54, 1.807) is 27.7 Å². The Kier molecular flexibility index (Phi) is 6.36. The zero-order chi connectivity index (χ0) is 22.9. The monoisotopic (exact) mass is 475 g/mol. The van der Waals surface area contributed by atoms with Gasteiger partial charge in [-0.05, 0) is 42.8 Å². The van der Waals surface area contributed by atoms with Crippen LogP contribution in [-0.2, 0) is 26.1 Å². The van der Waals surface area contributed by atoms with E-state index in [1.807, 2.05) is 19.1 Å². The average molecular weight is 476 g/mol. The van der Waals surface area contributed by atoms with Crippen molar-refractivity contribution in [3.05, 3.63) is 57.7 Å². The molecule has 0 radical (unpaired) electrons. The van der Waals surface area contributed by atoms with E-state index < -0.39 is 10.0 Å². The van der Waals surface area contributed by atoms with Crippen LogP contribution in [0.3, 0.4) is 0 Å². The van der Waals surface area contributed by atoms with Gasteiger partial charge < -0.3 is 9.64 Å². The van der Waals surface area contributed by atoms with Crippen LogP contribution in [0.5, 0.6) is 0 Å². The smallest absolute Gasteiger partial charge is 0.308 e. The number of benzene rings is 2. The third-order valence-electron chi connectivity index (χ3n) is 5.58. The molecule has 10 heteroatoms. The molecule has 8 nitrogen and oxygen atoms in total. The van der Waals surface area contributed by atoms with Crippen molar-refractivity contribution in [1.29, 1.82) is 0 Å². The lowest BCUT2D eigenvalue weighted by molar-refractivity contribution is -0.135. The number of carbonyl (C=O) groups excluding carboxylic acids is 1. The first kappa shape index (κ1) is 22.5. The van der Waals surface area contributed by atoms with E-state index in [2.05, 4.69) is 0 Å². The van der Waals surface area contributed by atoms with Crippen LogP contribution in [0, 0.1) is 6.92 Å². The lowest BCUT2D eigenvalue weighted by atomic mass is 10.2. The first-order chi connectivity index (χ1) is 15.3. The highest BCUT2D eigenvalue weighted by atomic mass is 32.2. The van der Waals surface area contributed by atoms with Crippen LogP contribution >= 0.6 is 11.3 Å². The van der Waals surface area contributed by atoms with E-state index in [-0.39, 0.29) is 28.6 Å². The highest BCUT2D eigenvalue weighted by Crippen LogP contribution is 2.27. The fourth-order valence-corrected chi connectivity index (χ4v) is 5.96. The van der Waals surface area contributed by atoms with Crippen LogP contribution in [0.15, 0.2) is 52.2 Å². The predicted octanol–water partition coefficient (Wildman–Crippen LogP) is 2.45. The Morgan fingerprint density at radius 2 is 1.91 bits per heavy atom. The number of amides is 1. The molecule has 0 bridgehead atoms. The second kappa shape index (κ2) is 9.05. The lowest BCUT2D eigenvalue weighted by Gasteiger charge is -2.26. The van der Waals surface area contributed by atoms with Crippen LogP contribution in [0.2, 0.25) is 0 Å². The molecular formula is C22H25N3O5S2. The van der Waals surface area contributed by atoms with Gasteiger partial charge in [0.05, 0.1) is 34.0 Å². The Balaban J connectivity index is 1.57. The van der Waals surface area contributed by atoms with E-state index in [0.29, 0.717) is 42.2 Å². The molecule has 4 rings (SSSR count). The highest BCUT2D eigenvalue weighted by molar-refractivity contribution is 7.92. The maximum Gasteiger partial charge on any atom is 0.308 e. The largest absolute Gasteiger partial charge is 0.378 e. The van der Waals surface area contributed by atoms with Gasteiger partial charge in [-0.1, -0.05) is 23.5 Å². The van der Waals surface area contributed by atoms with Gasteiger partial charge in [0.15, 0.2) is 0 Å². The quantitative estimate of drug-likeness (QED) is 0.546. The summed E-state index contributed by atoms with van der Waals surface area (Å²) in [7, 11) is -2.27. The minimum absolute atomic E-state index is 0.0153. The van der Waals surface area contributed by atoms with Crippen LogP contribution in [0.25, 0.3) is 10.2 Å². The lowest BCUT2D eigenvalue weighted by Crippen LogP contribution is -2.41. The Morgan fingerprint density at radius 1 is 1.16 bits per heavy atom. The van der Waals surface area contributed by atoms with Crippen molar-refractivity contribution in [3.63, 3.8) is 0 Å². The average Bonchev–Trinajstić information content (AvgIpc) is 3.11. The van der Waals surface area contributed by atoms with E-state index in [4.69, 9.17) is 4.74 Å². The van der Waals surface area contributed by atoms with Crippen molar-refractivity contribution in [2.45, 2.75) is 24.8 Å². The Morgan fingerprint density at radius 3 is 2.62 bits per heavy atom. The van der Waals surface area contributed by atoms with Gasteiger partial charge in [0, 0.05) is 33.1 Å². The van der Waals surface area contributed by atoms with E-state index in [1.165, 1.54) is 23.5 Å². The number of hydrogen-bond acceptors (Lipinski definition) is 6. The Hall–Kier alpha value is -2.69. The van der Waals surface area contributed by atoms with Gasteiger partial charge in [0.25, 0.3) is 10.0 Å². The molecule has 3 aromatic rings. The minimum Gasteiger partial charge on any atom is -0.378 e. The fraction of sp³-hybridized carbons (Fsp3) is 0.364. The first-order valence-corrected chi connectivity index (χ1v) is 12.6. The van der Waals surface area contributed by atoms with Crippen molar-refractivity contribution < 1.29 is 17.9 Å². The summed E-state index contributed by atoms with van der Waals surface area (Å²) in [6.07, 6.45) is 0.210. The third kappa shape index (κ3) is 4.43. The summed E-state index contributed by atoms with van der Waals surface area (Å²) in [5.41, 5.74) is 2.16. The van der Waals surface area contributed by atoms with Crippen molar-refractivity contribution in [2.24, 2.45) is 0 Å². The molecule has 1 aliphatic heterocycles. The van der Waals surface area contributed by atoms with Crippen LogP contribution in [0.1, 0.15) is 12.0 Å². The molecule has 0 spiro atoms. The molecule has 0 saturated carbocycles. The van der Waals surface area contributed by atoms with Crippen LogP contribution in [-0.4, -0.2) is 57.1 Å². The number of sulfonamides is 1. The number of fused-ring (bicyclic) bond motifs is 1. The predicted molar refractivity (Wildman–Crippen MR) is 125 cm³/mol. The number of hydrogen-bond donors (Lipinski definition) is 0. The number of nitrogens with zero attached hydrogens (tertiary/aromatic N) is 3. The number of aryl methyl sites for hydroxylation is 2. The normalized spacial score (nSPS) is 14.6. The second-order valence-electron chi connectivity index (χ2n) is 7.70. The molecule has 32 heavy (non-hydrogen) atoms. The summed E-state index contributed by atoms with van der Waals surface area (Å²) >= 11 is 0.986. The van der Waals surface area contributed by atoms with Gasteiger partial charge in [0.1, 0.15) is 0 Å². The van der Waals surface area contributed by atoms with Crippen molar-refractivity contribution in [3.8, 4) is 0 Å². The summed E-state index contributed by atoms with van der Waals surface area (Å²) in [6.45, 7) is 4.34. The fourth-order valence-electron chi connectivity index (χ4n) is 3.72. The molecule has 1 fully saturated rings. The van der Waals surface area contributed by atoms with Crippen molar-refractivity contribution in [1.82, 2.24) is 9.47 Å². The van der Waals surface area contributed by atoms with Crippen LogP contribution < -0.4 is 9.18 Å². The second-order valence-corrected chi connectivity index (χ2v) is 10.7. The molecule has 1 aromatic heterocycles. The molecule has 1 saturated heterocycles. The number of ether oxygens (including phenoxy) is 1. The summed E-state index contributed by atoms with van der Waals surface area (Å²) in [5, 5.41) is 0. The van der Waals surface area contributed by atoms with Gasteiger partial charge in [-0.25, -0.2) is 8.42 Å². The van der Waals surface area contributed by atoms with Crippen molar-refractivity contribution in [2.75, 3.05) is 37.7 Å². The summed E-state index contributed by atoms with van der Waals surface area (Å²) in [4.78, 5) is 26.6. The number of carbonyl (C=O) groups is 1. The first-order valence-electron chi connectivity index (χ1n) is 10.3. The molecule has 2 aromatic carbocycles. The summed E-state index contributed by atoms with van der Waals surface area (Å²) in [5.74, 6) is -0.0153. The van der Waals surface area contributed by atoms with E-state index in [9.17, 15) is 18.0 Å². The van der Waals surface area contributed by atoms with Gasteiger partial charge in [-0.15, -0.1) is 0 Å². The SMILES string of the molecule is Cc1cccc(N(C)S(=O)(=O)c2ccc3c(c2)sc(=O)n3CCC(=O)N2CCOCC2)c1. The third-order valence-corrected chi connectivity index (χ3v) is 8.30. The molecule has 1 amide bonds. The standard InChI is InChI=1S/C22H25N3O5S2/c1-16-4-3-5-17(14-16)23(2)32(28,29)18-6-7-19-20(15-18)31-22(27)25(19)9-8-21(26)24-10-12-30-13-11-24/h3-7,14-15H,8-13H2,1-2H3. The summed E-state index contributed by atoms with van der Waals surface area (Å²) < 4.78 is 34.9. The Bertz CT molecular complexity index is 1310. The number of morpholine rings is 1. The topological polar surface area (TPSA) is 88.9 Å². The number of rotatable bonds is 6. The number of aromatic nitrogens is 1. The molecule has 2 heterocycles. The molecular weight excluding hydrogens is 450 g/mol. The maximum atomic E-state index is 13.2. The van der Waals surface area contributed by atoms with Gasteiger partial charge >= 0.3 is 4.87 Å². The summed E-state index contributed by atoms with van der Waals surface area (Å²) in [6, 6.07) is 11.9. The highest BCUT2D eigenvalue weighted by Gasteiger charge is 2.23. The van der Waals surface area contributed by atoms with Gasteiger partial charge in [0.2, 0.25) is 5.91 Å². The molecule has 0 aliphatic carbocycles. The van der Waals surface area contributed by atoms with Crippen molar-refractivity contribution >= 4 is 43.2 Å². The van der Waals surface area contributed by atoms with E-state index >= 15 is 0 Å². The molecule has 0 atom stereocenters. The minimum atomic E-state index is -3.79. The number of anilines is 1. The van der Waals surface area contributed by atoms with Gasteiger partial charge in [-0.3, -0.25) is 18.5 Å². The number of thiazole rings is 1. The molecule has 0 N–H and O–H groups in total. The zero-order valence-electron chi connectivity index (χ0n) is 18.0. The molecule has 170 valence electrons. The molecule has 0 unspecified atom stereocenters. The van der Waals surface area contributed by atoms with Gasteiger partial charge in [-0.2, -0.15) is 0 Å². The Labute approximate surface area is 190 Å².